The quantitative estimate of drug-likeness (QED) is 0.829. The lowest BCUT2D eigenvalue weighted by Gasteiger charge is -2.37. The Morgan fingerprint density at radius 3 is 2.65 bits per heavy atom. The number of hydrogen-bond donors (Lipinski definition) is 2. The number of nitrogens with one attached hydrogen (secondary N) is 2. The van der Waals surface area contributed by atoms with Crippen LogP contribution in [0.2, 0.25) is 0 Å². The van der Waals surface area contributed by atoms with Crippen LogP contribution < -0.4 is 10.6 Å². The average molecular weight is 284 g/mol. The summed E-state index contributed by atoms with van der Waals surface area (Å²) in [6, 6.07) is 0.779. The summed E-state index contributed by atoms with van der Waals surface area (Å²) in [6.07, 6.45) is 4.13. The topological polar surface area (TPSA) is 59.6 Å². The molecule has 116 valence electrons. The van der Waals surface area contributed by atoms with Gasteiger partial charge in [0.05, 0.1) is 6.61 Å². The molecule has 1 atom stereocenters. The van der Waals surface area contributed by atoms with E-state index in [1.807, 2.05) is 20.8 Å². The van der Waals surface area contributed by atoms with Crippen molar-refractivity contribution in [1.29, 1.82) is 0 Å². The maximum atomic E-state index is 11.6. The molecule has 0 aromatic rings. The van der Waals surface area contributed by atoms with E-state index in [-0.39, 0.29) is 12.1 Å². The summed E-state index contributed by atoms with van der Waals surface area (Å²) in [7, 11) is 0. The Balaban J connectivity index is 1.54. The van der Waals surface area contributed by atoms with Crippen LogP contribution in [0.5, 0.6) is 0 Å². The monoisotopic (exact) mass is 284 g/mol. The highest BCUT2D eigenvalue weighted by molar-refractivity contribution is 5.68. The summed E-state index contributed by atoms with van der Waals surface area (Å²) >= 11 is 0. The molecule has 1 saturated carbocycles. The Morgan fingerprint density at radius 1 is 1.30 bits per heavy atom. The third-order valence-corrected chi connectivity index (χ3v) is 3.81. The van der Waals surface area contributed by atoms with E-state index >= 15 is 0 Å². The Labute approximate surface area is 121 Å². The summed E-state index contributed by atoms with van der Waals surface area (Å²) in [5.41, 5.74) is -0.424. The molecule has 2 rings (SSSR count). The Bertz CT molecular complexity index is 316. The van der Waals surface area contributed by atoms with E-state index < -0.39 is 5.60 Å². The standard InChI is InChI=1S/C15H28N2O3/c1-15(2,3)20-14(18)17-13-7-12(8-13)16-9-11-5-4-6-19-10-11/h11-13,16H,4-10H2,1-3H3,(H,17,18). The fourth-order valence-corrected chi connectivity index (χ4v) is 2.68. The predicted octanol–water partition coefficient (Wildman–Crippen LogP) is 2.06. The normalized spacial score (nSPS) is 30.4. The van der Waals surface area contributed by atoms with Crippen LogP contribution in [0.1, 0.15) is 46.5 Å². The van der Waals surface area contributed by atoms with E-state index in [4.69, 9.17) is 9.47 Å². The number of ether oxygens (including phenoxy) is 2. The SMILES string of the molecule is CC(C)(C)OC(=O)NC1CC(NCC2CCCOC2)C1. The van der Waals surface area contributed by atoms with E-state index in [0.29, 0.717) is 12.0 Å². The molecule has 1 amide bonds. The fraction of sp³-hybridized carbons (Fsp3) is 0.933. The van der Waals surface area contributed by atoms with Gasteiger partial charge in [-0.1, -0.05) is 0 Å². The Hall–Kier alpha value is -0.810. The third-order valence-electron chi connectivity index (χ3n) is 3.81. The van der Waals surface area contributed by atoms with Gasteiger partial charge < -0.3 is 20.1 Å². The van der Waals surface area contributed by atoms with E-state index in [1.165, 1.54) is 12.8 Å². The van der Waals surface area contributed by atoms with Crippen LogP contribution in [0.15, 0.2) is 0 Å². The molecule has 5 nitrogen and oxygen atoms in total. The lowest BCUT2D eigenvalue weighted by molar-refractivity contribution is 0.0439. The minimum absolute atomic E-state index is 0.255. The first-order valence-corrected chi connectivity index (χ1v) is 7.73. The summed E-state index contributed by atoms with van der Waals surface area (Å²) in [5, 5.41) is 6.48. The Morgan fingerprint density at radius 2 is 2.05 bits per heavy atom. The van der Waals surface area contributed by atoms with Crippen molar-refractivity contribution in [3.05, 3.63) is 0 Å². The molecule has 0 aromatic heterocycles. The lowest BCUT2D eigenvalue weighted by Crippen LogP contribution is -2.54. The number of carbonyl (C=O) groups excluding carboxylic acids is 1. The zero-order chi connectivity index (χ0) is 14.6. The van der Waals surface area contributed by atoms with Crippen LogP contribution in [0, 0.1) is 5.92 Å². The van der Waals surface area contributed by atoms with Gasteiger partial charge in [-0.2, -0.15) is 0 Å². The molecule has 0 radical (unpaired) electrons. The molecule has 2 fully saturated rings. The predicted molar refractivity (Wildman–Crippen MR) is 77.7 cm³/mol. The molecule has 5 heteroatoms. The van der Waals surface area contributed by atoms with Gasteiger partial charge in [-0.05, 0) is 52.4 Å². The van der Waals surface area contributed by atoms with Crippen molar-refractivity contribution >= 4 is 6.09 Å². The first kappa shape index (κ1) is 15.6. The zero-order valence-corrected chi connectivity index (χ0v) is 12.9. The smallest absolute Gasteiger partial charge is 0.407 e. The summed E-state index contributed by atoms with van der Waals surface area (Å²) < 4.78 is 10.7. The number of carbonyl (C=O) groups is 1. The second-order valence-electron chi connectivity index (χ2n) is 7.00. The van der Waals surface area contributed by atoms with Crippen molar-refractivity contribution in [3.63, 3.8) is 0 Å². The molecule has 0 spiro atoms. The molecule has 2 N–H and O–H groups in total. The van der Waals surface area contributed by atoms with Crippen LogP contribution >= 0.6 is 0 Å². The summed E-state index contributed by atoms with van der Waals surface area (Å²) in [5.74, 6) is 0.654. The second kappa shape index (κ2) is 6.76. The van der Waals surface area contributed by atoms with Gasteiger partial charge in [-0.15, -0.1) is 0 Å². The number of alkyl carbamates (subject to hydrolysis) is 1. The molecule has 2 aliphatic rings. The first-order chi connectivity index (χ1) is 9.42. The lowest BCUT2D eigenvalue weighted by atomic mass is 9.86. The van der Waals surface area contributed by atoms with Gasteiger partial charge in [0.15, 0.2) is 0 Å². The second-order valence-corrected chi connectivity index (χ2v) is 7.00. The van der Waals surface area contributed by atoms with Crippen LogP contribution in [0.4, 0.5) is 4.79 Å². The van der Waals surface area contributed by atoms with Gasteiger partial charge in [0.1, 0.15) is 5.60 Å². The van der Waals surface area contributed by atoms with Crippen molar-refractivity contribution < 1.29 is 14.3 Å². The van der Waals surface area contributed by atoms with Crippen molar-refractivity contribution in [1.82, 2.24) is 10.6 Å². The number of rotatable bonds is 4. The summed E-state index contributed by atoms with van der Waals surface area (Å²) in [4.78, 5) is 11.6. The number of amides is 1. The molecule has 1 aliphatic heterocycles. The van der Waals surface area contributed by atoms with Crippen molar-refractivity contribution in [2.75, 3.05) is 19.8 Å². The van der Waals surface area contributed by atoms with Crippen molar-refractivity contribution in [2.24, 2.45) is 5.92 Å². The highest BCUT2D eigenvalue weighted by Crippen LogP contribution is 2.22. The maximum absolute atomic E-state index is 11.6. The zero-order valence-electron chi connectivity index (χ0n) is 12.9. The Kier molecular flexibility index (Phi) is 5.27. The van der Waals surface area contributed by atoms with Crippen LogP contribution in [-0.4, -0.2) is 43.5 Å². The first-order valence-electron chi connectivity index (χ1n) is 7.73. The van der Waals surface area contributed by atoms with Gasteiger partial charge >= 0.3 is 6.09 Å². The molecule has 1 aliphatic carbocycles. The summed E-state index contributed by atoms with van der Waals surface area (Å²) in [6.45, 7) is 8.48. The van der Waals surface area contributed by atoms with Crippen LogP contribution in [-0.2, 0) is 9.47 Å². The van der Waals surface area contributed by atoms with Crippen LogP contribution in [0.25, 0.3) is 0 Å². The van der Waals surface area contributed by atoms with E-state index in [1.54, 1.807) is 0 Å². The molecule has 1 heterocycles. The third kappa shape index (κ3) is 5.29. The van der Waals surface area contributed by atoms with Crippen LogP contribution in [0.3, 0.4) is 0 Å². The van der Waals surface area contributed by atoms with Gasteiger partial charge in [0.2, 0.25) is 0 Å². The molecule has 20 heavy (non-hydrogen) atoms. The molecule has 1 unspecified atom stereocenters. The van der Waals surface area contributed by atoms with Gasteiger partial charge in [-0.25, -0.2) is 4.79 Å². The van der Waals surface area contributed by atoms with Gasteiger partial charge in [-0.3, -0.25) is 0 Å². The average Bonchev–Trinajstić information content (AvgIpc) is 2.31. The van der Waals surface area contributed by atoms with Gasteiger partial charge in [0, 0.05) is 25.2 Å². The van der Waals surface area contributed by atoms with Gasteiger partial charge in [0.25, 0.3) is 0 Å². The van der Waals surface area contributed by atoms with E-state index in [2.05, 4.69) is 10.6 Å². The molecule has 1 saturated heterocycles. The highest BCUT2D eigenvalue weighted by Gasteiger charge is 2.31. The minimum atomic E-state index is -0.424. The largest absolute Gasteiger partial charge is 0.444 e. The fourth-order valence-electron chi connectivity index (χ4n) is 2.68. The highest BCUT2D eigenvalue weighted by atomic mass is 16.6. The van der Waals surface area contributed by atoms with E-state index in [9.17, 15) is 4.79 Å². The molecule has 0 bridgehead atoms. The molecule has 0 aromatic carbocycles. The van der Waals surface area contributed by atoms with E-state index in [0.717, 1.165) is 32.6 Å². The maximum Gasteiger partial charge on any atom is 0.407 e. The molecular weight excluding hydrogens is 256 g/mol. The van der Waals surface area contributed by atoms with Crippen molar-refractivity contribution in [3.8, 4) is 0 Å². The molecular formula is C15H28N2O3. The van der Waals surface area contributed by atoms with Crippen molar-refractivity contribution in [2.45, 2.75) is 64.1 Å². The minimum Gasteiger partial charge on any atom is -0.444 e. The number of hydrogen-bond acceptors (Lipinski definition) is 4.